The zero-order valence-corrected chi connectivity index (χ0v) is 18.4. The van der Waals surface area contributed by atoms with Crippen LogP contribution in [0.2, 0.25) is 5.02 Å². The van der Waals surface area contributed by atoms with E-state index in [4.69, 9.17) is 16.3 Å². The monoisotopic (exact) mass is 436 g/mol. The van der Waals surface area contributed by atoms with Crippen molar-refractivity contribution in [2.75, 3.05) is 10.6 Å². The van der Waals surface area contributed by atoms with E-state index < -0.39 is 27.6 Å². The van der Waals surface area contributed by atoms with Crippen molar-refractivity contribution in [2.24, 2.45) is 0 Å². The summed E-state index contributed by atoms with van der Waals surface area (Å²) in [5, 5.41) is 3.40. The lowest BCUT2D eigenvalue weighted by Gasteiger charge is -2.38. The van der Waals surface area contributed by atoms with Crippen molar-refractivity contribution in [3.8, 4) is 5.75 Å². The van der Waals surface area contributed by atoms with Crippen molar-refractivity contribution < 1.29 is 17.9 Å². The summed E-state index contributed by atoms with van der Waals surface area (Å²) in [6, 6.07) is 12.7. The van der Waals surface area contributed by atoms with Gasteiger partial charge in [-0.05, 0) is 45.0 Å². The van der Waals surface area contributed by atoms with Crippen LogP contribution in [-0.2, 0) is 14.8 Å². The molecule has 1 heterocycles. The highest BCUT2D eigenvalue weighted by Gasteiger charge is 2.36. The van der Waals surface area contributed by atoms with Crippen molar-refractivity contribution in [1.82, 2.24) is 5.32 Å². The third-order valence-electron chi connectivity index (χ3n) is 4.84. The molecule has 0 bridgehead atoms. The maximum atomic E-state index is 13.1. The Morgan fingerprint density at radius 3 is 2.59 bits per heavy atom. The van der Waals surface area contributed by atoms with Crippen LogP contribution in [-0.4, -0.2) is 32.2 Å². The number of rotatable bonds is 5. The summed E-state index contributed by atoms with van der Waals surface area (Å²) in [5.41, 5.74) is 0.760. The quantitative estimate of drug-likeness (QED) is 0.770. The number of nitrogens with zero attached hydrogens (tertiary/aromatic N) is 1. The van der Waals surface area contributed by atoms with E-state index in [0.29, 0.717) is 17.1 Å². The lowest BCUT2D eigenvalue weighted by Crippen LogP contribution is -2.50. The van der Waals surface area contributed by atoms with Gasteiger partial charge < -0.3 is 10.1 Å². The third kappa shape index (κ3) is 4.85. The minimum atomic E-state index is -3.71. The molecule has 0 unspecified atom stereocenters. The Morgan fingerprint density at radius 2 is 1.93 bits per heavy atom. The van der Waals surface area contributed by atoms with Gasteiger partial charge in [-0.3, -0.25) is 9.10 Å². The lowest BCUT2D eigenvalue weighted by molar-refractivity contribution is -0.123. The number of fused-ring (bicyclic) bond motifs is 1. The number of hydrogen-bond donors (Lipinski definition) is 1. The van der Waals surface area contributed by atoms with Gasteiger partial charge in [0.1, 0.15) is 17.4 Å². The number of benzene rings is 2. The van der Waals surface area contributed by atoms with Gasteiger partial charge >= 0.3 is 0 Å². The van der Waals surface area contributed by atoms with Crippen molar-refractivity contribution in [3.63, 3.8) is 0 Å². The lowest BCUT2D eigenvalue weighted by atomic mass is 9.89. The fourth-order valence-electron chi connectivity index (χ4n) is 3.65. The van der Waals surface area contributed by atoms with Crippen LogP contribution >= 0.6 is 11.6 Å². The topological polar surface area (TPSA) is 75.7 Å². The predicted octanol–water partition coefficient (Wildman–Crippen LogP) is 3.91. The van der Waals surface area contributed by atoms with Crippen LogP contribution in [0.5, 0.6) is 5.75 Å². The highest BCUT2D eigenvalue weighted by molar-refractivity contribution is 7.92. The number of ether oxygens (including phenoxy) is 1. The van der Waals surface area contributed by atoms with Crippen LogP contribution < -0.4 is 14.4 Å². The Morgan fingerprint density at radius 1 is 1.24 bits per heavy atom. The zero-order chi connectivity index (χ0) is 21.4. The van der Waals surface area contributed by atoms with Crippen LogP contribution in [0, 0.1) is 0 Å². The number of sulfonamides is 1. The normalized spacial score (nSPS) is 18.9. The van der Waals surface area contributed by atoms with E-state index in [9.17, 15) is 13.2 Å². The number of para-hydroxylation sites is 1. The van der Waals surface area contributed by atoms with Gasteiger partial charge in [0.05, 0.1) is 18.0 Å². The van der Waals surface area contributed by atoms with Crippen molar-refractivity contribution in [3.05, 3.63) is 59.1 Å². The fraction of sp³-hybridized carbons (Fsp3) is 0.381. The number of halogens is 1. The molecule has 1 aliphatic heterocycles. The molecule has 0 aromatic heterocycles. The molecule has 6 nitrogen and oxygen atoms in total. The van der Waals surface area contributed by atoms with Gasteiger partial charge in [0, 0.05) is 17.0 Å². The summed E-state index contributed by atoms with van der Waals surface area (Å²) in [6.45, 7) is 5.48. The molecule has 0 aliphatic carbocycles. The van der Waals surface area contributed by atoms with Crippen LogP contribution in [0.3, 0.4) is 0 Å². The number of amides is 1. The molecule has 3 rings (SSSR count). The number of anilines is 1. The highest BCUT2D eigenvalue weighted by Crippen LogP contribution is 2.39. The standard InChI is InChI=1S/C21H25ClN2O4S/c1-14(24(29(4,26)27)16-9-7-8-15(22)12-16)20(25)23-18-13-21(2,3)28-19-11-6-5-10-17(18)19/h5-12,14,18H,13H2,1-4H3,(H,23,25)/t14-,18-/m1/s1. The Bertz CT molecular complexity index is 1020. The van der Waals surface area contributed by atoms with Crippen LogP contribution in [0.4, 0.5) is 5.69 Å². The number of carbonyl (C=O) groups is 1. The van der Waals surface area contributed by atoms with E-state index in [1.165, 1.54) is 6.07 Å². The van der Waals surface area contributed by atoms with E-state index in [1.54, 1.807) is 25.1 Å². The summed E-state index contributed by atoms with van der Waals surface area (Å²) >= 11 is 6.03. The highest BCUT2D eigenvalue weighted by atomic mass is 35.5. The first-order valence-corrected chi connectivity index (χ1v) is 11.5. The van der Waals surface area contributed by atoms with Gasteiger partial charge in [-0.2, -0.15) is 0 Å². The molecule has 0 saturated carbocycles. The first-order chi connectivity index (χ1) is 13.5. The smallest absolute Gasteiger partial charge is 0.244 e. The minimum absolute atomic E-state index is 0.286. The molecule has 0 radical (unpaired) electrons. The first kappa shape index (κ1) is 21.5. The molecule has 0 saturated heterocycles. The van der Waals surface area contributed by atoms with Crippen molar-refractivity contribution in [2.45, 2.75) is 44.9 Å². The SMILES string of the molecule is C[C@H](C(=O)N[C@@H]1CC(C)(C)Oc2ccccc21)N(c1cccc(Cl)c1)S(C)(=O)=O. The molecule has 29 heavy (non-hydrogen) atoms. The van der Waals surface area contributed by atoms with Crippen LogP contribution in [0.25, 0.3) is 0 Å². The third-order valence-corrected chi connectivity index (χ3v) is 6.32. The van der Waals surface area contributed by atoms with E-state index in [-0.39, 0.29) is 6.04 Å². The van der Waals surface area contributed by atoms with E-state index in [0.717, 1.165) is 21.9 Å². The molecular formula is C21H25ClN2O4S. The van der Waals surface area contributed by atoms with E-state index in [1.807, 2.05) is 38.1 Å². The molecule has 0 fully saturated rings. The van der Waals surface area contributed by atoms with Crippen LogP contribution in [0.1, 0.15) is 38.8 Å². The Kier molecular flexibility index (Phi) is 5.83. The van der Waals surface area contributed by atoms with Crippen molar-refractivity contribution in [1.29, 1.82) is 0 Å². The number of carbonyl (C=O) groups excluding carboxylic acids is 1. The molecule has 0 spiro atoms. The summed E-state index contributed by atoms with van der Waals surface area (Å²) < 4.78 is 32.0. The van der Waals surface area contributed by atoms with E-state index >= 15 is 0 Å². The largest absolute Gasteiger partial charge is 0.487 e. The molecule has 2 aromatic carbocycles. The molecule has 2 atom stereocenters. The number of nitrogens with one attached hydrogen (secondary N) is 1. The maximum absolute atomic E-state index is 13.1. The minimum Gasteiger partial charge on any atom is -0.487 e. The Hall–Kier alpha value is -2.25. The van der Waals surface area contributed by atoms with Gasteiger partial charge in [0.15, 0.2) is 0 Å². The Balaban J connectivity index is 1.89. The fourth-order valence-corrected chi connectivity index (χ4v) is 5.00. The van der Waals surface area contributed by atoms with E-state index in [2.05, 4.69) is 5.32 Å². The summed E-state index contributed by atoms with van der Waals surface area (Å²) in [6.07, 6.45) is 1.64. The predicted molar refractivity (Wildman–Crippen MR) is 115 cm³/mol. The van der Waals surface area contributed by atoms with Crippen LogP contribution in [0.15, 0.2) is 48.5 Å². The van der Waals surface area contributed by atoms with Crippen molar-refractivity contribution >= 4 is 33.2 Å². The zero-order valence-electron chi connectivity index (χ0n) is 16.8. The molecule has 1 aliphatic rings. The summed E-state index contributed by atoms with van der Waals surface area (Å²) in [5.74, 6) is 0.324. The maximum Gasteiger partial charge on any atom is 0.244 e. The van der Waals surface area contributed by atoms with Gasteiger partial charge in [0.25, 0.3) is 0 Å². The first-order valence-electron chi connectivity index (χ1n) is 9.31. The molecular weight excluding hydrogens is 412 g/mol. The molecule has 1 amide bonds. The van der Waals surface area contributed by atoms with Gasteiger partial charge in [-0.1, -0.05) is 35.9 Å². The second-order valence-electron chi connectivity index (χ2n) is 7.88. The average Bonchev–Trinajstić information content (AvgIpc) is 2.59. The van der Waals surface area contributed by atoms with Gasteiger partial charge in [-0.15, -0.1) is 0 Å². The molecule has 1 N–H and O–H groups in total. The number of hydrogen-bond acceptors (Lipinski definition) is 4. The second kappa shape index (κ2) is 7.88. The summed E-state index contributed by atoms with van der Waals surface area (Å²) in [7, 11) is -3.71. The van der Waals surface area contributed by atoms with Gasteiger partial charge in [-0.25, -0.2) is 8.42 Å². The molecule has 156 valence electrons. The Labute approximate surface area is 176 Å². The molecule has 8 heteroatoms. The molecule has 2 aromatic rings. The summed E-state index contributed by atoms with van der Waals surface area (Å²) in [4.78, 5) is 13.1. The average molecular weight is 437 g/mol. The van der Waals surface area contributed by atoms with Gasteiger partial charge in [0.2, 0.25) is 15.9 Å². The second-order valence-corrected chi connectivity index (χ2v) is 10.2.